The maximum atomic E-state index is 5.74. The summed E-state index contributed by atoms with van der Waals surface area (Å²) in [5.74, 6) is 0.559. The highest BCUT2D eigenvalue weighted by molar-refractivity contribution is 5.67. The minimum atomic E-state index is 0.559. The first-order valence-corrected chi connectivity index (χ1v) is 5.98. The van der Waals surface area contributed by atoms with E-state index in [0.717, 1.165) is 28.9 Å². The van der Waals surface area contributed by atoms with E-state index in [4.69, 9.17) is 5.73 Å². The summed E-state index contributed by atoms with van der Waals surface area (Å²) in [5.41, 5.74) is 9.94. The molecule has 0 aliphatic heterocycles. The van der Waals surface area contributed by atoms with E-state index in [9.17, 15) is 0 Å². The van der Waals surface area contributed by atoms with Crippen molar-refractivity contribution >= 4 is 11.3 Å². The van der Waals surface area contributed by atoms with E-state index in [1.54, 1.807) is 6.20 Å². The average molecular weight is 238 g/mol. The van der Waals surface area contributed by atoms with Gasteiger partial charge in [-0.1, -0.05) is 13.0 Å². The summed E-state index contributed by atoms with van der Waals surface area (Å²) >= 11 is 0. The molecule has 4 nitrogen and oxygen atoms in total. The van der Waals surface area contributed by atoms with Crippen molar-refractivity contribution < 1.29 is 0 Å². The zero-order valence-electron chi connectivity index (χ0n) is 10.2. The summed E-state index contributed by atoms with van der Waals surface area (Å²) in [6.07, 6.45) is 2.65. The van der Waals surface area contributed by atoms with E-state index >= 15 is 0 Å². The van der Waals surface area contributed by atoms with Gasteiger partial charge in [-0.15, -0.1) is 0 Å². The predicted molar refractivity (Wildman–Crippen MR) is 72.2 cm³/mol. The molecule has 90 valence electrons. The third-order valence-electron chi connectivity index (χ3n) is 3.03. The molecule has 0 aromatic carbocycles. The monoisotopic (exact) mass is 238 g/mol. The van der Waals surface area contributed by atoms with Crippen LogP contribution in [-0.4, -0.2) is 14.6 Å². The molecule has 3 rings (SSSR count). The Balaban J connectivity index is 2.29. The summed E-state index contributed by atoms with van der Waals surface area (Å²) in [5, 5.41) is 4.35. The van der Waals surface area contributed by atoms with E-state index in [2.05, 4.69) is 17.0 Å². The number of pyridine rings is 2. The van der Waals surface area contributed by atoms with Crippen LogP contribution in [0.2, 0.25) is 0 Å². The molecule has 18 heavy (non-hydrogen) atoms. The lowest BCUT2D eigenvalue weighted by atomic mass is 10.1. The lowest BCUT2D eigenvalue weighted by Crippen LogP contribution is -2.01. The Morgan fingerprint density at radius 2 is 2.06 bits per heavy atom. The summed E-state index contributed by atoms with van der Waals surface area (Å²) in [6.45, 7) is 2.08. The van der Waals surface area contributed by atoms with Gasteiger partial charge in [0.05, 0.1) is 23.1 Å². The van der Waals surface area contributed by atoms with Crippen molar-refractivity contribution in [2.75, 3.05) is 5.73 Å². The van der Waals surface area contributed by atoms with Crippen LogP contribution in [0, 0.1) is 0 Å². The third-order valence-corrected chi connectivity index (χ3v) is 3.03. The maximum absolute atomic E-state index is 5.74. The van der Waals surface area contributed by atoms with Crippen LogP contribution in [0.5, 0.6) is 0 Å². The Kier molecular flexibility index (Phi) is 2.48. The number of nitrogens with two attached hydrogens (primary N) is 1. The summed E-state index contributed by atoms with van der Waals surface area (Å²) in [4.78, 5) is 4.40. The van der Waals surface area contributed by atoms with Crippen molar-refractivity contribution in [3.63, 3.8) is 0 Å². The fourth-order valence-electron chi connectivity index (χ4n) is 2.17. The van der Waals surface area contributed by atoms with Crippen molar-refractivity contribution in [3.05, 3.63) is 48.3 Å². The van der Waals surface area contributed by atoms with Gasteiger partial charge in [-0.2, -0.15) is 5.10 Å². The Labute approximate surface area is 105 Å². The van der Waals surface area contributed by atoms with Gasteiger partial charge in [0, 0.05) is 5.56 Å². The molecule has 3 heterocycles. The van der Waals surface area contributed by atoms with E-state index in [-0.39, 0.29) is 0 Å². The van der Waals surface area contributed by atoms with Gasteiger partial charge in [-0.3, -0.25) is 0 Å². The van der Waals surface area contributed by atoms with E-state index in [1.165, 1.54) is 0 Å². The highest BCUT2D eigenvalue weighted by Gasteiger charge is 2.09. The van der Waals surface area contributed by atoms with Gasteiger partial charge < -0.3 is 5.73 Å². The predicted octanol–water partition coefficient (Wildman–Crippen LogP) is 2.54. The first-order chi connectivity index (χ1) is 8.79. The lowest BCUT2D eigenvalue weighted by molar-refractivity contribution is 0.957. The number of aromatic nitrogens is 3. The zero-order valence-corrected chi connectivity index (χ0v) is 10.2. The molecule has 4 heteroatoms. The van der Waals surface area contributed by atoms with E-state index in [0.29, 0.717) is 5.82 Å². The Morgan fingerprint density at radius 3 is 2.89 bits per heavy atom. The largest absolute Gasteiger partial charge is 0.384 e. The van der Waals surface area contributed by atoms with Gasteiger partial charge in [0.15, 0.2) is 0 Å². The SMILES string of the molecule is CCc1nc(N)ccc1-c1cccc2ccnn12. The Hall–Kier alpha value is -2.36. The van der Waals surface area contributed by atoms with E-state index < -0.39 is 0 Å². The topological polar surface area (TPSA) is 56.2 Å². The zero-order chi connectivity index (χ0) is 12.5. The molecule has 0 bridgehead atoms. The van der Waals surface area contributed by atoms with Crippen LogP contribution in [0.3, 0.4) is 0 Å². The number of anilines is 1. The second-order valence-electron chi connectivity index (χ2n) is 4.16. The van der Waals surface area contributed by atoms with Crippen LogP contribution >= 0.6 is 0 Å². The van der Waals surface area contributed by atoms with Crippen molar-refractivity contribution in [1.29, 1.82) is 0 Å². The molecule has 0 spiro atoms. The van der Waals surface area contributed by atoms with Crippen molar-refractivity contribution in [1.82, 2.24) is 14.6 Å². The normalized spacial score (nSPS) is 10.9. The minimum Gasteiger partial charge on any atom is -0.384 e. The molecule has 0 unspecified atom stereocenters. The number of nitrogen functional groups attached to an aromatic ring is 1. The highest BCUT2D eigenvalue weighted by atomic mass is 15.2. The van der Waals surface area contributed by atoms with Crippen LogP contribution in [0.15, 0.2) is 42.6 Å². The average Bonchev–Trinajstić information content (AvgIpc) is 2.86. The molecule has 0 aliphatic rings. The maximum Gasteiger partial charge on any atom is 0.123 e. The highest BCUT2D eigenvalue weighted by Crippen LogP contribution is 2.24. The second kappa shape index (κ2) is 4.14. The standard InChI is InChI=1S/C14H14N4/c1-2-12-11(6-7-14(15)17-12)13-5-3-4-10-8-9-16-18(10)13/h3-9H,2H2,1H3,(H2,15,17). The second-order valence-corrected chi connectivity index (χ2v) is 4.16. The Bertz CT molecular complexity index is 700. The number of fused-ring (bicyclic) bond motifs is 1. The van der Waals surface area contributed by atoms with Crippen LogP contribution in [-0.2, 0) is 6.42 Å². The van der Waals surface area contributed by atoms with Crippen LogP contribution in [0.1, 0.15) is 12.6 Å². The summed E-state index contributed by atoms with van der Waals surface area (Å²) in [7, 11) is 0. The van der Waals surface area contributed by atoms with Gasteiger partial charge >= 0.3 is 0 Å². The molecule has 3 aromatic rings. The molecule has 2 N–H and O–H groups in total. The molecule has 0 saturated carbocycles. The molecular formula is C14H14N4. The quantitative estimate of drug-likeness (QED) is 0.746. The van der Waals surface area contributed by atoms with Crippen LogP contribution in [0.25, 0.3) is 16.8 Å². The first kappa shape index (κ1) is 10.8. The molecule has 3 aromatic heterocycles. The molecule has 0 aliphatic carbocycles. The van der Waals surface area contributed by atoms with Gasteiger partial charge in [0.2, 0.25) is 0 Å². The third kappa shape index (κ3) is 1.62. The van der Waals surface area contributed by atoms with Gasteiger partial charge in [0.25, 0.3) is 0 Å². The molecule has 0 radical (unpaired) electrons. The fourth-order valence-corrected chi connectivity index (χ4v) is 2.17. The molecule has 0 atom stereocenters. The number of rotatable bonds is 2. The smallest absolute Gasteiger partial charge is 0.123 e. The lowest BCUT2D eigenvalue weighted by Gasteiger charge is -2.09. The molecular weight excluding hydrogens is 224 g/mol. The molecule has 0 amide bonds. The van der Waals surface area contributed by atoms with Crippen molar-refractivity contribution in [2.24, 2.45) is 0 Å². The fraction of sp³-hybridized carbons (Fsp3) is 0.143. The molecule has 0 fully saturated rings. The Morgan fingerprint density at radius 1 is 1.17 bits per heavy atom. The summed E-state index contributed by atoms with van der Waals surface area (Å²) in [6, 6.07) is 11.9. The number of nitrogens with zero attached hydrogens (tertiary/aromatic N) is 3. The van der Waals surface area contributed by atoms with Crippen molar-refractivity contribution in [3.8, 4) is 11.3 Å². The van der Waals surface area contributed by atoms with Gasteiger partial charge in [-0.25, -0.2) is 9.50 Å². The van der Waals surface area contributed by atoms with Gasteiger partial charge in [0.1, 0.15) is 5.82 Å². The van der Waals surface area contributed by atoms with Crippen molar-refractivity contribution in [2.45, 2.75) is 13.3 Å². The first-order valence-electron chi connectivity index (χ1n) is 5.98. The van der Waals surface area contributed by atoms with E-state index in [1.807, 2.05) is 40.9 Å². The number of hydrogen-bond acceptors (Lipinski definition) is 3. The number of aryl methyl sites for hydroxylation is 1. The van der Waals surface area contributed by atoms with Gasteiger partial charge in [-0.05, 0) is 36.8 Å². The minimum absolute atomic E-state index is 0.559. The number of hydrogen-bond donors (Lipinski definition) is 1. The van der Waals surface area contributed by atoms with Crippen LogP contribution in [0.4, 0.5) is 5.82 Å². The summed E-state index contributed by atoms with van der Waals surface area (Å²) < 4.78 is 1.92. The molecule has 0 saturated heterocycles. The van der Waals surface area contributed by atoms with Crippen LogP contribution < -0.4 is 5.73 Å².